The zero-order valence-corrected chi connectivity index (χ0v) is 13.0. The summed E-state index contributed by atoms with van der Waals surface area (Å²) in [5, 5.41) is 0. The van der Waals surface area contributed by atoms with Gasteiger partial charge in [0.1, 0.15) is 0 Å². The van der Waals surface area contributed by atoms with Crippen LogP contribution in [-0.4, -0.2) is 31.4 Å². The Kier molecular flexibility index (Phi) is 5.12. The summed E-state index contributed by atoms with van der Waals surface area (Å²) < 4.78 is 27.0. The smallest absolute Gasteiger partial charge is 0.243 e. The molecule has 0 aliphatic carbocycles. The number of rotatable bonds is 6. The number of hydrogen-bond acceptors (Lipinski definition) is 3. The molecule has 0 amide bonds. The highest BCUT2D eigenvalue weighted by Gasteiger charge is 2.35. The van der Waals surface area contributed by atoms with Gasteiger partial charge in [0.25, 0.3) is 0 Å². The van der Waals surface area contributed by atoms with Gasteiger partial charge in [-0.15, -0.1) is 0 Å². The van der Waals surface area contributed by atoms with E-state index < -0.39 is 15.6 Å². The van der Waals surface area contributed by atoms with E-state index in [1.54, 1.807) is 18.2 Å². The number of aryl methyl sites for hydroxylation is 1. The van der Waals surface area contributed by atoms with Gasteiger partial charge in [-0.2, -0.15) is 4.31 Å². The molecular weight excluding hydrogens is 260 g/mol. The van der Waals surface area contributed by atoms with Gasteiger partial charge in [0.05, 0.1) is 4.90 Å². The average molecular weight is 284 g/mol. The second-order valence-corrected chi connectivity index (χ2v) is 7.27. The molecule has 4 nitrogen and oxygen atoms in total. The van der Waals surface area contributed by atoms with Crippen molar-refractivity contribution in [3.63, 3.8) is 0 Å². The number of benzene rings is 1. The fraction of sp³-hybridized carbons (Fsp3) is 0.571. The molecule has 0 saturated heterocycles. The summed E-state index contributed by atoms with van der Waals surface area (Å²) in [7, 11) is -3.50. The van der Waals surface area contributed by atoms with E-state index in [2.05, 4.69) is 0 Å². The Balaban J connectivity index is 3.28. The largest absolute Gasteiger partial charge is 0.329 e. The molecule has 1 aromatic carbocycles. The minimum absolute atomic E-state index is 0.290. The van der Waals surface area contributed by atoms with Crippen molar-refractivity contribution >= 4 is 10.0 Å². The lowest BCUT2D eigenvalue weighted by atomic mass is 10.1. The van der Waals surface area contributed by atoms with Crippen LogP contribution < -0.4 is 5.73 Å². The van der Waals surface area contributed by atoms with E-state index in [0.29, 0.717) is 11.4 Å². The van der Waals surface area contributed by atoms with Gasteiger partial charge in [0, 0.05) is 18.6 Å². The Labute approximate surface area is 116 Å². The van der Waals surface area contributed by atoms with Crippen LogP contribution in [0.3, 0.4) is 0 Å². The van der Waals surface area contributed by atoms with E-state index >= 15 is 0 Å². The van der Waals surface area contributed by atoms with Crippen molar-refractivity contribution in [1.82, 2.24) is 4.31 Å². The molecule has 0 spiro atoms. The maximum absolute atomic E-state index is 12.8. The number of nitrogens with zero attached hydrogens (tertiary/aromatic N) is 1. The van der Waals surface area contributed by atoms with E-state index in [1.807, 2.05) is 33.8 Å². The lowest BCUT2D eigenvalue weighted by Crippen LogP contribution is -2.52. The van der Waals surface area contributed by atoms with Crippen LogP contribution in [0, 0.1) is 6.92 Å². The summed E-state index contributed by atoms with van der Waals surface area (Å²) in [5.41, 5.74) is 6.08. The zero-order valence-electron chi connectivity index (χ0n) is 12.2. The van der Waals surface area contributed by atoms with Crippen LogP contribution in [0.4, 0.5) is 0 Å². The first-order chi connectivity index (χ1) is 8.75. The third-order valence-electron chi connectivity index (χ3n) is 3.18. The Morgan fingerprint density at radius 1 is 1.32 bits per heavy atom. The molecule has 0 aromatic heterocycles. The van der Waals surface area contributed by atoms with Crippen molar-refractivity contribution in [1.29, 1.82) is 0 Å². The van der Waals surface area contributed by atoms with Gasteiger partial charge in [-0.05, 0) is 44.9 Å². The Hall–Kier alpha value is -0.910. The van der Waals surface area contributed by atoms with Crippen molar-refractivity contribution in [2.75, 3.05) is 13.1 Å². The molecule has 0 heterocycles. The Morgan fingerprint density at radius 2 is 1.95 bits per heavy atom. The van der Waals surface area contributed by atoms with Gasteiger partial charge >= 0.3 is 0 Å². The minimum atomic E-state index is -3.50. The quantitative estimate of drug-likeness (QED) is 0.870. The van der Waals surface area contributed by atoms with E-state index in [1.165, 1.54) is 4.31 Å². The lowest BCUT2D eigenvalue weighted by molar-refractivity contribution is 0.235. The van der Waals surface area contributed by atoms with Crippen LogP contribution in [0.15, 0.2) is 29.2 Å². The zero-order chi connectivity index (χ0) is 14.7. The first-order valence-electron chi connectivity index (χ1n) is 6.55. The van der Waals surface area contributed by atoms with Gasteiger partial charge in [-0.25, -0.2) is 8.42 Å². The molecule has 0 bridgehead atoms. The second-order valence-electron chi connectivity index (χ2n) is 5.41. The number of nitrogens with two attached hydrogens (primary N) is 1. The summed E-state index contributed by atoms with van der Waals surface area (Å²) in [4.78, 5) is 0.336. The molecule has 2 N–H and O–H groups in total. The summed E-state index contributed by atoms with van der Waals surface area (Å²) in [6.07, 6.45) is 0.758. The minimum Gasteiger partial charge on any atom is -0.329 e. The van der Waals surface area contributed by atoms with E-state index in [0.717, 1.165) is 12.0 Å². The fourth-order valence-electron chi connectivity index (χ4n) is 1.96. The molecule has 0 saturated carbocycles. The summed E-state index contributed by atoms with van der Waals surface area (Å²) in [6.45, 7) is 8.33. The van der Waals surface area contributed by atoms with E-state index in [4.69, 9.17) is 5.73 Å². The average Bonchev–Trinajstić information content (AvgIpc) is 2.35. The fourth-order valence-corrected chi connectivity index (χ4v) is 3.94. The van der Waals surface area contributed by atoms with Crippen LogP contribution in [0.2, 0.25) is 0 Å². The molecule has 0 fully saturated rings. The third kappa shape index (κ3) is 3.55. The highest BCUT2D eigenvalue weighted by Crippen LogP contribution is 2.24. The molecule has 19 heavy (non-hydrogen) atoms. The van der Waals surface area contributed by atoms with E-state index in [-0.39, 0.29) is 6.54 Å². The summed E-state index contributed by atoms with van der Waals surface area (Å²) in [6, 6.07) is 6.99. The van der Waals surface area contributed by atoms with Gasteiger partial charge < -0.3 is 5.73 Å². The molecule has 108 valence electrons. The molecule has 0 aliphatic heterocycles. The highest BCUT2D eigenvalue weighted by molar-refractivity contribution is 7.89. The van der Waals surface area contributed by atoms with Crippen LogP contribution in [-0.2, 0) is 10.0 Å². The monoisotopic (exact) mass is 284 g/mol. The van der Waals surface area contributed by atoms with Crippen LogP contribution >= 0.6 is 0 Å². The van der Waals surface area contributed by atoms with Crippen molar-refractivity contribution in [3.05, 3.63) is 29.8 Å². The Bertz CT molecular complexity index is 524. The van der Waals surface area contributed by atoms with Crippen LogP contribution in [0.5, 0.6) is 0 Å². The summed E-state index contributed by atoms with van der Waals surface area (Å²) in [5.74, 6) is 0. The van der Waals surface area contributed by atoms with Gasteiger partial charge in [0.15, 0.2) is 0 Å². The van der Waals surface area contributed by atoms with Crippen molar-refractivity contribution in [2.45, 2.75) is 44.6 Å². The van der Waals surface area contributed by atoms with Crippen LogP contribution in [0.25, 0.3) is 0 Å². The molecule has 1 rings (SSSR count). The normalized spacial score (nSPS) is 12.9. The molecule has 5 heteroatoms. The van der Waals surface area contributed by atoms with Crippen molar-refractivity contribution < 1.29 is 8.42 Å². The maximum Gasteiger partial charge on any atom is 0.243 e. The molecule has 0 radical (unpaired) electrons. The molecular formula is C14H24N2O2S. The summed E-state index contributed by atoms with van der Waals surface area (Å²) >= 11 is 0. The molecule has 1 aromatic rings. The van der Waals surface area contributed by atoms with Gasteiger partial charge in [0.2, 0.25) is 10.0 Å². The SMILES string of the molecule is CCCN(C(C)(C)CN)S(=O)(=O)c1cccc(C)c1. The van der Waals surface area contributed by atoms with Gasteiger partial charge in [-0.3, -0.25) is 0 Å². The molecule has 0 atom stereocenters. The lowest BCUT2D eigenvalue weighted by Gasteiger charge is -2.36. The first-order valence-corrected chi connectivity index (χ1v) is 7.99. The third-order valence-corrected chi connectivity index (χ3v) is 5.29. The first kappa shape index (κ1) is 16.1. The van der Waals surface area contributed by atoms with Crippen molar-refractivity contribution in [3.8, 4) is 0 Å². The van der Waals surface area contributed by atoms with Gasteiger partial charge in [-0.1, -0.05) is 19.1 Å². The van der Waals surface area contributed by atoms with Crippen LogP contribution in [0.1, 0.15) is 32.8 Å². The molecule has 0 aliphatic rings. The van der Waals surface area contributed by atoms with E-state index in [9.17, 15) is 8.42 Å². The predicted octanol–water partition coefficient (Wildman–Crippen LogP) is 2.13. The highest BCUT2D eigenvalue weighted by atomic mass is 32.2. The standard InChI is InChI=1S/C14H24N2O2S/c1-5-9-16(14(3,4)11-15)19(17,18)13-8-6-7-12(2)10-13/h6-8,10H,5,9,11,15H2,1-4H3. The molecule has 0 unspecified atom stereocenters. The maximum atomic E-state index is 12.8. The van der Waals surface area contributed by atoms with Crippen molar-refractivity contribution in [2.24, 2.45) is 5.73 Å². The number of sulfonamides is 1. The number of hydrogen-bond donors (Lipinski definition) is 1. The predicted molar refractivity (Wildman–Crippen MR) is 78.5 cm³/mol. The second kappa shape index (κ2) is 6.03. The topological polar surface area (TPSA) is 63.4 Å². The Morgan fingerprint density at radius 3 is 2.42 bits per heavy atom.